The first-order chi connectivity index (χ1) is 11.8. The SMILES string of the molecule is CCCCCCCCCCCCCCCC=CC=C/C=C\C(=O)O. The molecular weight excluding hydrogens is 296 g/mol. The number of hydrogen-bond donors (Lipinski definition) is 1. The van der Waals surface area contributed by atoms with Crippen LogP contribution in [0.2, 0.25) is 0 Å². The van der Waals surface area contributed by atoms with Crippen LogP contribution in [0.15, 0.2) is 36.5 Å². The summed E-state index contributed by atoms with van der Waals surface area (Å²) < 4.78 is 0. The number of carbonyl (C=O) groups is 1. The van der Waals surface area contributed by atoms with Crippen LogP contribution in [-0.4, -0.2) is 11.1 Å². The zero-order chi connectivity index (χ0) is 17.7. The summed E-state index contributed by atoms with van der Waals surface area (Å²) in [6.45, 7) is 2.27. The van der Waals surface area contributed by atoms with Crippen LogP contribution in [0.5, 0.6) is 0 Å². The lowest BCUT2D eigenvalue weighted by molar-refractivity contribution is -0.131. The van der Waals surface area contributed by atoms with E-state index in [0.717, 1.165) is 12.5 Å². The minimum atomic E-state index is -0.907. The molecule has 24 heavy (non-hydrogen) atoms. The van der Waals surface area contributed by atoms with Gasteiger partial charge in [0.15, 0.2) is 0 Å². The minimum Gasteiger partial charge on any atom is -0.478 e. The lowest BCUT2D eigenvalue weighted by Gasteiger charge is -2.02. The molecule has 0 saturated heterocycles. The van der Waals surface area contributed by atoms with Gasteiger partial charge in [-0.3, -0.25) is 0 Å². The first kappa shape index (κ1) is 22.7. The summed E-state index contributed by atoms with van der Waals surface area (Å²) in [5.41, 5.74) is 0. The van der Waals surface area contributed by atoms with Crippen molar-refractivity contribution in [2.24, 2.45) is 0 Å². The average Bonchev–Trinajstić information content (AvgIpc) is 2.56. The van der Waals surface area contributed by atoms with Crippen molar-refractivity contribution >= 4 is 5.97 Å². The molecule has 0 aromatic carbocycles. The van der Waals surface area contributed by atoms with Gasteiger partial charge in [0.25, 0.3) is 0 Å². The maximum Gasteiger partial charge on any atom is 0.328 e. The van der Waals surface area contributed by atoms with Gasteiger partial charge < -0.3 is 5.11 Å². The Labute approximate surface area is 149 Å². The third kappa shape index (κ3) is 20.7. The summed E-state index contributed by atoms with van der Waals surface area (Å²) in [6, 6.07) is 0. The van der Waals surface area contributed by atoms with Crippen LogP contribution in [0.1, 0.15) is 96.8 Å². The van der Waals surface area contributed by atoms with E-state index in [2.05, 4.69) is 13.0 Å². The molecule has 0 aliphatic heterocycles. The highest BCUT2D eigenvalue weighted by molar-refractivity contribution is 5.80. The second-order valence-corrected chi connectivity index (χ2v) is 6.54. The predicted octanol–water partition coefficient (Wildman–Crippen LogP) is 7.22. The van der Waals surface area contributed by atoms with Gasteiger partial charge >= 0.3 is 5.97 Å². The molecule has 0 spiro atoms. The van der Waals surface area contributed by atoms with Crippen molar-refractivity contribution in [3.63, 3.8) is 0 Å². The lowest BCUT2D eigenvalue weighted by Crippen LogP contribution is -1.84. The molecule has 2 nitrogen and oxygen atoms in total. The Morgan fingerprint density at radius 1 is 0.667 bits per heavy atom. The Morgan fingerprint density at radius 3 is 1.62 bits per heavy atom. The van der Waals surface area contributed by atoms with E-state index < -0.39 is 5.97 Å². The first-order valence-corrected chi connectivity index (χ1v) is 10.00. The van der Waals surface area contributed by atoms with Crippen LogP contribution in [0, 0.1) is 0 Å². The van der Waals surface area contributed by atoms with E-state index in [9.17, 15) is 4.79 Å². The quantitative estimate of drug-likeness (QED) is 0.173. The highest BCUT2D eigenvalue weighted by atomic mass is 16.4. The molecule has 0 heterocycles. The van der Waals surface area contributed by atoms with Crippen molar-refractivity contribution in [3.05, 3.63) is 36.5 Å². The van der Waals surface area contributed by atoms with E-state index in [0.29, 0.717) is 0 Å². The Bertz CT molecular complexity index is 353. The van der Waals surface area contributed by atoms with Gasteiger partial charge in [-0.05, 0) is 12.8 Å². The number of carboxylic acids is 1. The van der Waals surface area contributed by atoms with Gasteiger partial charge in [-0.1, -0.05) is 114 Å². The molecule has 2 heteroatoms. The second-order valence-electron chi connectivity index (χ2n) is 6.54. The minimum absolute atomic E-state index is 0.907. The number of hydrogen-bond acceptors (Lipinski definition) is 1. The molecule has 1 N–H and O–H groups in total. The van der Waals surface area contributed by atoms with Gasteiger partial charge in [0, 0.05) is 6.08 Å². The van der Waals surface area contributed by atoms with E-state index in [-0.39, 0.29) is 0 Å². The van der Waals surface area contributed by atoms with Crippen molar-refractivity contribution < 1.29 is 9.90 Å². The van der Waals surface area contributed by atoms with E-state index in [1.807, 2.05) is 12.2 Å². The van der Waals surface area contributed by atoms with E-state index in [1.54, 1.807) is 6.08 Å². The molecule has 0 saturated carbocycles. The lowest BCUT2D eigenvalue weighted by atomic mass is 10.0. The zero-order valence-electron chi connectivity index (χ0n) is 15.7. The van der Waals surface area contributed by atoms with Crippen molar-refractivity contribution in [1.82, 2.24) is 0 Å². The topological polar surface area (TPSA) is 37.3 Å². The van der Waals surface area contributed by atoms with Gasteiger partial charge in [0.1, 0.15) is 0 Å². The number of carboxylic acid groups (broad SMARTS) is 1. The van der Waals surface area contributed by atoms with Gasteiger partial charge in [-0.25, -0.2) is 4.79 Å². The van der Waals surface area contributed by atoms with Crippen LogP contribution >= 0.6 is 0 Å². The maximum atomic E-state index is 10.2. The van der Waals surface area contributed by atoms with Crippen LogP contribution in [0.3, 0.4) is 0 Å². The molecule has 0 radical (unpaired) electrons. The molecule has 0 bridgehead atoms. The summed E-state index contributed by atoms with van der Waals surface area (Å²) >= 11 is 0. The fourth-order valence-electron chi connectivity index (χ4n) is 2.72. The van der Waals surface area contributed by atoms with Crippen LogP contribution in [0.4, 0.5) is 0 Å². The fraction of sp³-hybridized carbons (Fsp3) is 0.682. The molecular formula is C22H38O2. The number of rotatable bonds is 17. The summed E-state index contributed by atoms with van der Waals surface area (Å²) in [5, 5.41) is 8.42. The smallest absolute Gasteiger partial charge is 0.328 e. The molecule has 0 aromatic rings. The third-order valence-corrected chi connectivity index (χ3v) is 4.18. The summed E-state index contributed by atoms with van der Waals surface area (Å²) in [6.07, 6.45) is 29.6. The predicted molar refractivity (Wildman–Crippen MR) is 105 cm³/mol. The van der Waals surface area contributed by atoms with Gasteiger partial charge in [0.05, 0.1) is 0 Å². The van der Waals surface area contributed by atoms with Crippen molar-refractivity contribution in [3.8, 4) is 0 Å². The van der Waals surface area contributed by atoms with Crippen LogP contribution < -0.4 is 0 Å². The second kappa shape index (κ2) is 19.7. The average molecular weight is 335 g/mol. The van der Waals surface area contributed by atoms with Crippen LogP contribution in [-0.2, 0) is 4.79 Å². The van der Waals surface area contributed by atoms with Crippen molar-refractivity contribution in [2.75, 3.05) is 0 Å². The Balaban J connectivity index is 3.18. The van der Waals surface area contributed by atoms with Crippen molar-refractivity contribution in [2.45, 2.75) is 96.8 Å². The largest absolute Gasteiger partial charge is 0.478 e. The highest BCUT2D eigenvalue weighted by Gasteiger charge is 1.93. The first-order valence-electron chi connectivity index (χ1n) is 10.00. The third-order valence-electron chi connectivity index (χ3n) is 4.18. The number of aliphatic carboxylic acids is 1. The monoisotopic (exact) mass is 334 g/mol. The summed E-state index contributed by atoms with van der Waals surface area (Å²) in [7, 11) is 0. The molecule has 0 amide bonds. The molecule has 0 rings (SSSR count). The maximum absolute atomic E-state index is 10.2. The van der Waals surface area contributed by atoms with E-state index >= 15 is 0 Å². The van der Waals surface area contributed by atoms with E-state index in [1.165, 1.54) is 89.5 Å². The molecule has 0 fully saturated rings. The summed E-state index contributed by atoms with van der Waals surface area (Å²) in [4.78, 5) is 10.2. The highest BCUT2D eigenvalue weighted by Crippen LogP contribution is 2.12. The zero-order valence-corrected chi connectivity index (χ0v) is 15.7. The molecule has 0 aliphatic rings. The number of allylic oxidation sites excluding steroid dienone is 5. The fourth-order valence-corrected chi connectivity index (χ4v) is 2.72. The molecule has 0 aliphatic carbocycles. The molecule has 0 unspecified atom stereocenters. The standard InChI is InChI=1S/C22H38O2/c1-2-3-4-5-6-7-8-9-10-11-12-13-14-15-16-17-18-19-20-21-22(23)24/h16-21H,2-15H2,1H3,(H,23,24)/b17-16?,19-18?,21-20-. The summed E-state index contributed by atoms with van der Waals surface area (Å²) in [5.74, 6) is -0.907. The van der Waals surface area contributed by atoms with Crippen LogP contribution in [0.25, 0.3) is 0 Å². The normalized spacial score (nSPS) is 12.0. The van der Waals surface area contributed by atoms with E-state index in [4.69, 9.17) is 5.11 Å². The number of unbranched alkanes of at least 4 members (excludes halogenated alkanes) is 13. The Morgan fingerprint density at radius 2 is 1.12 bits per heavy atom. The Hall–Kier alpha value is -1.31. The Kier molecular flexibility index (Phi) is 18.7. The molecule has 138 valence electrons. The van der Waals surface area contributed by atoms with Gasteiger partial charge in [0.2, 0.25) is 0 Å². The van der Waals surface area contributed by atoms with Gasteiger partial charge in [-0.15, -0.1) is 0 Å². The van der Waals surface area contributed by atoms with Crippen molar-refractivity contribution in [1.29, 1.82) is 0 Å². The van der Waals surface area contributed by atoms with Gasteiger partial charge in [-0.2, -0.15) is 0 Å². The molecule has 0 atom stereocenters. The molecule has 0 aromatic heterocycles.